The van der Waals surface area contributed by atoms with E-state index in [4.69, 9.17) is 16.3 Å². The highest BCUT2D eigenvalue weighted by molar-refractivity contribution is 6.31. The van der Waals surface area contributed by atoms with Gasteiger partial charge in [0.2, 0.25) is 5.88 Å². The summed E-state index contributed by atoms with van der Waals surface area (Å²) in [6.07, 6.45) is 3.47. The molecule has 0 radical (unpaired) electrons. The van der Waals surface area contributed by atoms with Crippen molar-refractivity contribution in [1.82, 2.24) is 15.2 Å². The third-order valence-electron chi connectivity index (χ3n) is 3.65. The molecule has 0 atom stereocenters. The van der Waals surface area contributed by atoms with Crippen molar-refractivity contribution >= 4 is 29.3 Å². The maximum Gasteiger partial charge on any atom is 0.238 e. The summed E-state index contributed by atoms with van der Waals surface area (Å²) in [5, 5.41) is 7.73. The van der Waals surface area contributed by atoms with Gasteiger partial charge in [-0.3, -0.25) is 10.1 Å². The molecule has 1 N–H and O–H groups in total. The Morgan fingerprint density at radius 2 is 2.17 bits per heavy atom. The molecule has 0 saturated heterocycles. The van der Waals surface area contributed by atoms with Crippen LogP contribution in [0.15, 0.2) is 47.6 Å². The molecule has 6 nitrogen and oxygen atoms in total. The van der Waals surface area contributed by atoms with E-state index in [2.05, 4.69) is 20.2 Å². The number of aromatic amines is 1. The average Bonchev–Trinajstić information content (AvgIpc) is 3.02. The van der Waals surface area contributed by atoms with Crippen LogP contribution in [0.4, 0.5) is 11.5 Å². The van der Waals surface area contributed by atoms with Crippen LogP contribution >= 0.6 is 11.6 Å². The van der Waals surface area contributed by atoms with Crippen molar-refractivity contribution in [1.29, 1.82) is 0 Å². The number of nitrogens with zero attached hydrogens (tertiary/aromatic N) is 4. The number of aromatic nitrogens is 3. The molecule has 2 aromatic heterocycles. The SMILES string of the molecule is Cc1cc(N2CN=Cc3cc(Oc4ncccc4Cl)ccc32)n[nH]1. The van der Waals surface area contributed by atoms with E-state index in [0.29, 0.717) is 23.3 Å². The fraction of sp³-hybridized carbons (Fsp3) is 0.118. The lowest BCUT2D eigenvalue weighted by Crippen LogP contribution is -2.22. The van der Waals surface area contributed by atoms with Gasteiger partial charge < -0.3 is 9.64 Å². The maximum atomic E-state index is 6.09. The van der Waals surface area contributed by atoms with Crippen LogP contribution in [-0.2, 0) is 0 Å². The van der Waals surface area contributed by atoms with Crippen LogP contribution in [0.3, 0.4) is 0 Å². The molecule has 0 spiro atoms. The number of pyridine rings is 1. The third-order valence-corrected chi connectivity index (χ3v) is 3.94. The number of anilines is 2. The standard InChI is InChI=1S/C17H14ClN5O/c1-11-7-16(22-21-11)23-10-19-9-12-8-13(4-5-15(12)23)24-17-14(18)3-2-6-20-17/h2-9H,10H2,1H3,(H,21,22). The average molecular weight is 340 g/mol. The first kappa shape index (κ1) is 14.7. The van der Waals surface area contributed by atoms with Gasteiger partial charge >= 0.3 is 0 Å². The topological polar surface area (TPSA) is 66.4 Å². The predicted octanol–water partition coefficient (Wildman–Crippen LogP) is 4.09. The van der Waals surface area contributed by atoms with Crippen molar-refractivity contribution in [3.8, 4) is 11.6 Å². The van der Waals surface area contributed by atoms with E-state index >= 15 is 0 Å². The quantitative estimate of drug-likeness (QED) is 0.780. The summed E-state index contributed by atoms with van der Waals surface area (Å²) in [7, 11) is 0. The fourth-order valence-corrected chi connectivity index (χ4v) is 2.70. The highest BCUT2D eigenvalue weighted by Crippen LogP contribution is 2.34. The number of halogens is 1. The van der Waals surface area contributed by atoms with Gasteiger partial charge in [-0.2, -0.15) is 5.10 Å². The van der Waals surface area contributed by atoms with Crippen molar-refractivity contribution in [2.45, 2.75) is 6.92 Å². The highest BCUT2D eigenvalue weighted by atomic mass is 35.5. The number of ether oxygens (including phenoxy) is 1. The monoisotopic (exact) mass is 339 g/mol. The van der Waals surface area contributed by atoms with Crippen molar-refractivity contribution in [2.75, 3.05) is 11.6 Å². The first-order valence-corrected chi connectivity index (χ1v) is 7.80. The number of H-pyrrole nitrogens is 1. The molecule has 0 fully saturated rings. The van der Waals surface area contributed by atoms with Gasteiger partial charge in [-0.25, -0.2) is 4.98 Å². The van der Waals surface area contributed by atoms with Crippen molar-refractivity contribution in [2.24, 2.45) is 4.99 Å². The van der Waals surface area contributed by atoms with Gasteiger partial charge in [-0.15, -0.1) is 0 Å². The normalized spacial score (nSPS) is 13.0. The smallest absolute Gasteiger partial charge is 0.238 e. The molecular weight excluding hydrogens is 326 g/mol. The molecule has 3 aromatic rings. The van der Waals surface area contributed by atoms with E-state index in [1.165, 1.54) is 0 Å². The van der Waals surface area contributed by atoms with Crippen LogP contribution in [0.5, 0.6) is 11.6 Å². The summed E-state index contributed by atoms with van der Waals surface area (Å²) >= 11 is 6.09. The molecule has 0 bridgehead atoms. The molecule has 120 valence electrons. The zero-order chi connectivity index (χ0) is 16.5. The second-order valence-electron chi connectivity index (χ2n) is 5.40. The minimum Gasteiger partial charge on any atom is -0.438 e. The molecule has 4 rings (SSSR count). The predicted molar refractivity (Wildman–Crippen MR) is 93.7 cm³/mol. The van der Waals surface area contributed by atoms with E-state index in [0.717, 1.165) is 22.8 Å². The Morgan fingerprint density at radius 3 is 2.96 bits per heavy atom. The molecule has 0 saturated carbocycles. The van der Waals surface area contributed by atoms with Gasteiger partial charge in [0.1, 0.15) is 17.4 Å². The molecule has 3 heterocycles. The van der Waals surface area contributed by atoms with Gasteiger partial charge in [0.05, 0.1) is 5.69 Å². The van der Waals surface area contributed by atoms with Crippen molar-refractivity contribution in [3.63, 3.8) is 0 Å². The second kappa shape index (κ2) is 5.98. The number of hydrogen-bond donors (Lipinski definition) is 1. The number of fused-ring (bicyclic) bond motifs is 1. The Bertz CT molecular complexity index is 921. The summed E-state index contributed by atoms with van der Waals surface area (Å²) in [5.41, 5.74) is 2.98. The van der Waals surface area contributed by atoms with E-state index in [1.54, 1.807) is 18.3 Å². The maximum absolute atomic E-state index is 6.09. The van der Waals surface area contributed by atoms with Crippen LogP contribution in [0.25, 0.3) is 0 Å². The fourth-order valence-electron chi connectivity index (χ4n) is 2.54. The lowest BCUT2D eigenvalue weighted by Gasteiger charge is -2.25. The van der Waals surface area contributed by atoms with Crippen LogP contribution in [0.1, 0.15) is 11.3 Å². The Balaban J connectivity index is 1.66. The zero-order valence-corrected chi connectivity index (χ0v) is 13.7. The molecule has 1 aliphatic rings. The van der Waals surface area contributed by atoms with E-state index < -0.39 is 0 Å². The Kier molecular flexibility index (Phi) is 3.66. The van der Waals surface area contributed by atoms with Crippen molar-refractivity contribution < 1.29 is 4.74 Å². The minimum atomic E-state index is 0.381. The molecule has 0 amide bonds. The largest absolute Gasteiger partial charge is 0.438 e. The van der Waals surface area contributed by atoms with Crippen LogP contribution in [0.2, 0.25) is 5.02 Å². The molecule has 0 aliphatic carbocycles. The zero-order valence-electron chi connectivity index (χ0n) is 12.9. The summed E-state index contributed by atoms with van der Waals surface area (Å²) in [6.45, 7) is 2.50. The first-order chi connectivity index (χ1) is 11.7. The Morgan fingerprint density at radius 1 is 1.25 bits per heavy atom. The van der Waals surface area contributed by atoms with Gasteiger partial charge in [-0.05, 0) is 37.3 Å². The lowest BCUT2D eigenvalue weighted by atomic mass is 10.1. The van der Waals surface area contributed by atoms with Crippen molar-refractivity contribution in [3.05, 3.63) is 58.9 Å². The molecule has 1 aliphatic heterocycles. The van der Waals surface area contributed by atoms with Crippen LogP contribution < -0.4 is 9.64 Å². The highest BCUT2D eigenvalue weighted by Gasteiger charge is 2.18. The van der Waals surface area contributed by atoms with E-state index in [-0.39, 0.29) is 0 Å². The Hall–Kier alpha value is -2.86. The van der Waals surface area contributed by atoms with E-state index in [9.17, 15) is 0 Å². The lowest BCUT2D eigenvalue weighted by molar-refractivity contribution is 0.463. The summed E-state index contributed by atoms with van der Waals surface area (Å²) < 4.78 is 5.78. The molecular formula is C17H14ClN5O. The van der Waals surface area contributed by atoms with Crippen LogP contribution in [-0.4, -0.2) is 28.1 Å². The minimum absolute atomic E-state index is 0.381. The number of aliphatic imine (C=N–C) groups is 1. The third kappa shape index (κ3) is 2.72. The summed E-state index contributed by atoms with van der Waals surface area (Å²) in [4.78, 5) is 10.6. The molecule has 0 unspecified atom stereocenters. The van der Waals surface area contributed by atoms with Gasteiger partial charge in [0.15, 0.2) is 5.82 Å². The number of benzene rings is 1. The van der Waals surface area contributed by atoms with E-state index in [1.807, 2.05) is 42.3 Å². The Labute approximate surface area is 143 Å². The van der Waals surface area contributed by atoms with Gasteiger partial charge in [0.25, 0.3) is 0 Å². The first-order valence-electron chi connectivity index (χ1n) is 7.42. The number of aryl methyl sites for hydroxylation is 1. The second-order valence-corrected chi connectivity index (χ2v) is 5.81. The summed E-state index contributed by atoms with van der Waals surface area (Å²) in [5.74, 6) is 1.87. The number of hydrogen-bond acceptors (Lipinski definition) is 5. The molecule has 7 heteroatoms. The van der Waals surface area contributed by atoms with Gasteiger partial charge in [-0.1, -0.05) is 11.6 Å². The number of rotatable bonds is 3. The van der Waals surface area contributed by atoms with Gasteiger partial charge in [0, 0.05) is 29.7 Å². The molecule has 1 aromatic carbocycles. The molecule has 24 heavy (non-hydrogen) atoms. The number of nitrogens with one attached hydrogen (secondary N) is 1. The van der Waals surface area contributed by atoms with Crippen LogP contribution in [0, 0.1) is 6.92 Å². The summed E-state index contributed by atoms with van der Waals surface area (Å²) in [6, 6.07) is 11.3.